The van der Waals surface area contributed by atoms with Gasteiger partial charge in [0.25, 0.3) is 0 Å². The van der Waals surface area contributed by atoms with E-state index in [9.17, 15) is 4.79 Å². The summed E-state index contributed by atoms with van der Waals surface area (Å²) in [7, 11) is 0. The number of carbonyl (C=O) groups excluding carboxylic acids is 1. The maximum absolute atomic E-state index is 13.4. The second-order valence-corrected chi connectivity index (χ2v) is 13.0. The standard InChI is InChI=1S/C37H78N4O2/c1-5-9-12-15-18-21-24-29-39(30-25-22-19-16-13-10-6-2)33-34-40(31-26-23-20-17-14-11-7-3)35-37(43)41(28-8-4)32-27-38-36-42/h38,42H,5-36H2,1-4H3. The van der Waals surface area contributed by atoms with Crippen LogP contribution in [-0.4, -0.2) is 91.3 Å². The van der Waals surface area contributed by atoms with E-state index in [-0.39, 0.29) is 12.6 Å². The van der Waals surface area contributed by atoms with Crippen LogP contribution < -0.4 is 5.32 Å². The molecule has 6 nitrogen and oxygen atoms in total. The third kappa shape index (κ3) is 28.5. The maximum atomic E-state index is 13.4. The van der Waals surface area contributed by atoms with Crippen molar-refractivity contribution >= 4 is 5.91 Å². The van der Waals surface area contributed by atoms with Crippen molar-refractivity contribution in [1.82, 2.24) is 20.0 Å². The molecule has 0 aromatic heterocycles. The Bertz CT molecular complexity index is 545. The van der Waals surface area contributed by atoms with Gasteiger partial charge in [-0.25, -0.2) is 0 Å². The van der Waals surface area contributed by atoms with Gasteiger partial charge in [0.1, 0.15) is 0 Å². The van der Waals surface area contributed by atoms with Crippen LogP contribution in [0.3, 0.4) is 0 Å². The van der Waals surface area contributed by atoms with Crippen molar-refractivity contribution in [3.63, 3.8) is 0 Å². The highest BCUT2D eigenvalue weighted by molar-refractivity contribution is 5.78. The number of nitrogens with zero attached hydrogens (tertiary/aromatic N) is 3. The molecular weight excluding hydrogens is 532 g/mol. The van der Waals surface area contributed by atoms with Gasteiger partial charge in [-0.3, -0.25) is 15.0 Å². The SMILES string of the molecule is CCCCCCCCCN(CCCCCCCCC)CCN(CCCCCCCCC)CC(=O)N(CCC)CCNCO. The van der Waals surface area contributed by atoms with Gasteiger partial charge in [0, 0.05) is 32.7 Å². The lowest BCUT2D eigenvalue weighted by Gasteiger charge is -2.30. The molecule has 0 aromatic carbocycles. The molecule has 0 aliphatic carbocycles. The van der Waals surface area contributed by atoms with Gasteiger partial charge in [0.15, 0.2) is 0 Å². The monoisotopic (exact) mass is 611 g/mol. The van der Waals surface area contributed by atoms with Gasteiger partial charge in [0.2, 0.25) is 5.91 Å². The van der Waals surface area contributed by atoms with E-state index in [2.05, 4.69) is 42.8 Å². The predicted molar refractivity (Wildman–Crippen MR) is 189 cm³/mol. The van der Waals surface area contributed by atoms with Gasteiger partial charge in [0.05, 0.1) is 13.3 Å². The lowest BCUT2D eigenvalue weighted by molar-refractivity contribution is -0.132. The number of hydrogen-bond acceptors (Lipinski definition) is 5. The summed E-state index contributed by atoms with van der Waals surface area (Å²) in [4.78, 5) is 20.6. The van der Waals surface area contributed by atoms with Crippen LogP contribution in [0, 0.1) is 0 Å². The second kappa shape index (κ2) is 34.2. The summed E-state index contributed by atoms with van der Waals surface area (Å²) in [6.07, 6.45) is 29.1. The minimum Gasteiger partial charge on any atom is -0.381 e. The Morgan fingerprint density at radius 3 is 1.28 bits per heavy atom. The second-order valence-electron chi connectivity index (χ2n) is 13.0. The summed E-state index contributed by atoms with van der Waals surface area (Å²) < 4.78 is 0. The fourth-order valence-corrected chi connectivity index (χ4v) is 5.98. The van der Waals surface area contributed by atoms with E-state index < -0.39 is 0 Å². The molecule has 0 saturated heterocycles. The van der Waals surface area contributed by atoms with E-state index >= 15 is 0 Å². The Hall–Kier alpha value is -0.690. The van der Waals surface area contributed by atoms with E-state index in [0.29, 0.717) is 19.6 Å². The third-order valence-corrected chi connectivity index (χ3v) is 8.84. The van der Waals surface area contributed by atoms with Crippen LogP contribution >= 0.6 is 0 Å². The number of nitrogens with one attached hydrogen (secondary N) is 1. The summed E-state index contributed by atoms with van der Waals surface area (Å²) in [5, 5.41) is 12.1. The average molecular weight is 611 g/mol. The highest BCUT2D eigenvalue weighted by Gasteiger charge is 2.18. The Morgan fingerprint density at radius 2 is 0.860 bits per heavy atom. The zero-order chi connectivity index (χ0) is 31.6. The van der Waals surface area contributed by atoms with Gasteiger partial charge in [-0.1, -0.05) is 143 Å². The van der Waals surface area contributed by atoms with Crippen molar-refractivity contribution in [3.8, 4) is 0 Å². The van der Waals surface area contributed by atoms with Crippen molar-refractivity contribution in [2.45, 2.75) is 169 Å². The number of aliphatic hydroxyl groups excluding tert-OH is 1. The zero-order valence-corrected chi connectivity index (χ0v) is 29.8. The molecule has 258 valence electrons. The maximum Gasteiger partial charge on any atom is 0.236 e. The van der Waals surface area contributed by atoms with E-state index in [1.807, 2.05) is 4.90 Å². The Labute approximate surface area is 270 Å². The van der Waals surface area contributed by atoms with Gasteiger partial charge >= 0.3 is 0 Å². The lowest BCUT2D eigenvalue weighted by atomic mass is 10.1. The zero-order valence-electron chi connectivity index (χ0n) is 29.8. The molecule has 0 aliphatic rings. The third-order valence-electron chi connectivity index (χ3n) is 8.84. The van der Waals surface area contributed by atoms with Crippen LogP contribution in [0.15, 0.2) is 0 Å². The van der Waals surface area contributed by atoms with Gasteiger partial charge in [-0.2, -0.15) is 0 Å². The van der Waals surface area contributed by atoms with Crippen LogP contribution in [0.25, 0.3) is 0 Å². The number of carbonyl (C=O) groups is 1. The van der Waals surface area contributed by atoms with E-state index in [0.717, 1.165) is 32.6 Å². The minimum atomic E-state index is -0.0359. The molecule has 6 heteroatoms. The molecule has 0 rings (SSSR count). The highest BCUT2D eigenvalue weighted by Crippen LogP contribution is 2.12. The van der Waals surface area contributed by atoms with Crippen LogP contribution in [0.1, 0.15) is 169 Å². The first kappa shape index (κ1) is 42.3. The summed E-state index contributed by atoms with van der Waals surface area (Å²) in [5.74, 6) is 0.246. The van der Waals surface area contributed by atoms with E-state index in [4.69, 9.17) is 5.11 Å². The molecule has 0 radical (unpaired) electrons. The summed E-state index contributed by atoms with van der Waals surface area (Å²) in [6, 6.07) is 0. The fraction of sp³-hybridized carbons (Fsp3) is 0.973. The molecule has 43 heavy (non-hydrogen) atoms. The normalized spacial score (nSPS) is 11.7. The topological polar surface area (TPSA) is 59.0 Å². The van der Waals surface area contributed by atoms with E-state index in [1.165, 1.54) is 148 Å². The molecule has 0 fully saturated rings. The van der Waals surface area contributed by atoms with Crippen molar-refractivity contribution in [3.05, 3.63) is 0 Å². The van der Waals surface area contributed by atoms with Crippen molar-refractivity contribution in [2.24, 2.45) is 0 Å². The molecule has 0 unspecified atom stereocenters. The molecule has 0 aliphatic heterocycles. The predicted octanol–water partition coefficient (Wildman–Crippen LogP) is 8.62. The largest absolute Gasteiger partial charge is 0.381 e. The van der Waals surface area contributed by atoms with Gasteiger partial charge in [-0.05, 0) is 45.3 Å². The first-order chi connectivity index (χ1) is 21.1. The van der Waals surface area contributed by atoms with Crippen molar-refractivity contribution < 1.29 is 9.90 Å². The molecule has 0 saturated carbocycles. The van der Waals surface area contributed by atoms with Crippen molar-refractivity contribution in [1.29, 1.82) is 0 Å². The molecule has 2 N–H and O–H groups in total. The number of aliphatic hydroxyl groups is 1. The number of amides is 1. The molecule has 0 aromatic rings. The lowest BCUT2D eigenvalue weighted by Crippen LogP contribution is -2.45. The van der Waals surface area contributed by atoms with Crippen LogP contribution in [0.2, 0.25) is 0 Å². The smallest absolute Gasteiger partial charge is 0.236 e. The Balaban J connectivity index is 5.03. The van der Waals surface area contributed by atoms with E-state index in [1.54, 1.807) is 0 Å². The first-order valence-corrected chi connectivity index (χ1v) is 19.2. The quantitative estimate of drug-likeness (QED) is 0.0556. The first-order valence-electron chi connectivity index (χ1n) is 19.2. The van der Waals surface area contributed by atoms with Crippen molar-refractivity contribution in [2.75, 3.05) is 65.6 Å². The summed E-state index contributed by atoms with van der Waals surface area (Å²) in [5.41, 5.74) is 0. The van der Waals surface area contributed by atoms with Crippen LogP contribution in [0.5, 0.6) is 0 Å². The number of hydrogen-bond donors (Lipinski definition) is 2. The summed E-state index contributed by atoms with van der Waals surface area (Å²) in [6.45, 7) is 17.1. The van der Waals surface area contributed by atoms with Crippen LogP contribution in [-0.2, 0) is 4.79 Å². The molecule has 0 heterocycles. The Kier molecular flexibility index (Phi) is 33.6. The summed E-state index contributed by atoms with van der Waals surface area (Å²) >= 11 is 0. The Morgan fingerprint density at radius 1 is 0.465 bits per heavy atom. The molecule has 0 bridgehead atoms. The fourth-order valence-electron chi connectivity index (χ4n) is 5.98. The number of unbranched alkanes of at least 4 members (excludes halogenated alkanes) is 18. The molecule has 0 atom stereocenters. The molecule has 1 amide bonds. The van der Waals surface area contributed by atoms with Gasteiger partial charge in [-0.15, -0.1) is 0 Å². The molecule has 0 spiro atoms. The highest BCUT2D eigenvalue weighted by atomic mass is 16.3. The van der Waals surface area contributed by atoms with Crippen LogP contribution in [0.4, 0.5) is 0 Å². The minimum absolute atomic E-state index is 0.0359. The number of rotatable bonds is 35. The molecular formula is C37H78N4O2. The van der Waals surface area contributed by atoms with Gasteiger partial charge < -0.3 is 14.9 Å². The average Bonchev–Trinajstić information content (AvgIpc) is 3.01.